The molecule has 0 aliphatic heterocycles. The molecule has 0 saturated carbocycles. The number of nitrogens with two attached hydrogens (primary N) is 1. The Morgan fingerprint density at radius 1 is 0.913 bits per heavy atom. The van der Waals surface area contributed by atoms with Gasteiger partial charge in [-0.05, 0) is 29.7 Å². The molecular weight excluding hydrogens is 302 g/mol. The Morgan fingerprint density at radius 3 is 2.04 bits per heavy atom. The first-order valence-corrected chi connectivity index (χ1v) is 6.97. The van der Waals surface area contributed by atoms with E-state index in [2.05, 4.69) is 0 Å². The third-order valence-electron chi connectivity index (χ3n) is 4.32. The lowest BCUT2D eigenvalue weighted by Crippen LogP contribution is -1.99. The number of nitrogen functional groups attached to an aromatic ring is 1. The van der Waals surface area contributed by atoms with E-state index < -0.39 is 34.7 Å². The number of phenolic OH excluding ortho intramolecular Hbond substituents is 5. The molecule has 0 bridgehead atoms. The minimum Gasteiger partial charge on any atom is -0.504 e. The maximum absolute atomic E-state index is 10.1. The SMILES string of the molecule is CO[C@H]1C[C@@H](c2c(O)c(O)c(O)c(O)c2O)c2ccc(N)cc21. The van der Waals surface area contributed by atoms with Crippen LogP contribution in [-0.4, -0.2) is 32.6 Å². The average Bonchev–Trinajstić information content (AvgIpc) is 2.89. The van der Waals surface area contributed by atoms with E-state index in [9.17, 15) is 25.5 Å². The summed E-state index contributed by atoms with van der Waals surface area (Å²) in [7, 11) is 1.53. The predicted octanol–water partition coefficient (Wildman–Crippen LogP) is 2.02. The van der Waals surface area contributed by atoms with Crippen molar-refractivity contribution in [3.8, 4) is 28.7 Å². The lowest BCUT2D eigenvalue weighted by Gasteiger charge is -2.18. The Bertz CT molecular complexity index is 760. The Kier molecular flexibility index (Phi) is 3.37. The van der Waals surface area contributed by atoms with Gasteiger partial charge >= 0.3 is 0 Å². The fourth-order valence-electron chi connectivity index (χ4n) is 3.19. The Hall–Kier alpha value is -2.80. The molecule has 2 aromatic rings. The fraction of sp³-hybridized carbons (Fsp3) is 0.250. The first-order chi connectivity index (χ1) is 10.9. The molecule has 0 aromatic heterocycles. The Labute approximate surface area is 131 Å². The largest absolute Gasteiger partial charge is 0.504 e. The summed E-state index contributed by atoms with van der Waals surface area (Å²) in [5.74, 6) is -4.62. The summed E-state index contributed by atoms with van der Waals surface area (Å²) in [6.45, 7) is 0. The zero-order valence-corrected chi connectivity index (χ0v) is 12.3. The summed E-state index contributed by atoms with van der Waals surface area (Å²) in [6.07, 6.45) is 0.0652. The van der Waals surface area contributed by atoms with Gasteiger partial charge in [-0.15, -0.1) is 0 Å². The summed E-state index contributed by atoms with van der Waals surface area (Å²) >= 11 is 0. The van der Waals surface area contributed by atoms with Crippen LogP contribution < -0.4 is 5.73 Å². The average molecular weight is 319 g/mol. The minimum atomic E-state index is -0.970. The van der Waals surface area contributed by atoms with Crippen LogP contribution in [0.3, 0.4) is 0 Å². The van der Waals surface area contributed by atoms with Gasteiger partial charge in [-0.2, -0.15) is 0 Å². The number of benzene rings is 2. The highest BCUT2D eigenvalue weighted by Crippen LogP contribution is 2.58. The molecule has 23 heavy (non-hydrogen) atoms. The van der Waals surface area contributed by atoms with E-state index in [0.29, 0.717) is 12.1 Å². The summed E-state index contributed by atoms with van der Waals surface area (Å²) in [5, 5.41) is 49.3. The van der Waals surface area contributed by atoms with Crippen LogP contribution in [0, 0.1) is 0 Å². The number of methoxy groups -OCH3 is 1. The summed E-state index contributed by atoms with van der Waals surface area (Å²) < 4.78 is 5.42. The van der Waals surface area contributed by atoms with Gasteiger partial charge in [0.1, 0.15) is 0 Å². The first-order valence-electron chi connectivity index (χ1n) is 6.97. The maximum atomic E-state index is 10.1. The molecule has 7 nitrogen and oxygen atoms in total. The molecule has 122 valence electrons. The highest BCUT2D eigenvalue weighted by Gasteiger charge is 2.37. The molecule has 1 aliphatic rings. The fourth-order valence-corrected chi connectivity index (χ4v) is 3.19. The zero-order valence-electron chi connectivity index (χ0n) is 12.3. The second-order valence-electron chi connectivity index (χ2n) is 5.56. The minimum absolute atomic E-state index is 0.0663. The number of ether oxygens (including phenoxy) is 1. The van der Waals surface area contributed by atoms with Crippen molar-refractivity contribution >= 4 is 5.69 Å². The highest BCUT2D eigenvalue weighted by molar-refractivity contribution is 5.70. The van der Waals surface area contributed by atoms with E-state index in [1.165, 1.54) is 7.11 Å². The molecule has 0 unspecified atom stereocenters. The lowest BCUT2D eigenvalue weighted by atomic mass is 9.90. The van der Waals surface area contributed by atoms with E-state index >= 15 is 0 Å². The van der Waals surface area contributed by atoms with Crippen LogP contribution in [0.5, 0.6) is 28.7 Å². The number of aromatic hydroxyl groups is 5. The van der Waals surface area contributed by atoms with Gasteiger partial charge in [-0.3, -0.25) is 0 Å². The molecule has 3 rings (SSSR count). The smallest absolute Gasteiger partial charge is 0.208 e. The van der Waals surface area contributed by atoms with Gasteiger partial charge in [0.15, 0.2) is 11.5 Å². The van der Waals surface area contributed by atoms with Crippen LogP contribution in [0.1, 0.15) is 35.1 Å². The summed E-state index contributed by atoms with van der Waals surface area (Å²) in [5.41, 5.74) is 7.84. The van der Waals surface area contributed by atoms with Gasteiger partial charge in [0, 0.05) is 18.7 Å². The van der Waals surface area contributed by atoms with E-state index in [0.717, 1.165) is 11.1 Å². The van der Waals surface area contributed by atoms with Crippen molar-refractivity contribution < 1.29 is 30.3 Å². The number of rotatable bonds is 2. The van der Waals surface area contributed by atoms with Crippen molar-refractivity contribution in [2.24, 2.45) is 0 Å². The quantitative estimate of drug-likeness (QED) is 0.283. The van der Waals surface area contributed by atoms with Crippen LogP contribution in [-0.2, 0) is 4.74 Å². The number of hydrogen-bond acceptors (Lipinski definition) is 7. The van der Waals surface area contributed by atoms with Crippen molar-refractivity contribution in [1.82, 2.24) is 0 Å². The molecule has 7 N–H and O–H groups in total. The second-order valence-corrected chi connectivity index (χ2v) is 5.56. The normalized spacial score (nSPS) is 19.7. The van der Waals surface area contributed by atoms with Crippen LogP contribution in [0.25, 0.3) is 0 Å². The van der Waals surface area contributed by atoms with Crippen LogP contribution in [0.4, 0.5) is 5.69 Å². The van der Waals surface area contributed by atoms with Crippen LogP contribution in [0.2, 0.25) is 0 Å². The molecule has 0 fully saturated rings. The van der Waals surface area contributed by atoms with Crippen molar-refractivity contribution in [2.45, 2.75) is 18.4 Å². The molecule has 0 spiro atoms. The molecule has 2 atom stereocenters. The van der Waals surface area contributed by atoms with Crippen LogP contribution in [0.15, 0.2) is 18.2 Å². The van der Waals surface area contributed by atoms with Crippen molar-refractivity contribution in [3.63, 3.8) is 0 Å². The number of hydrogen-bond donors (Lipinski definition) is 6. The van der Waals surface area contributed by atoms with Gasteiger partial charge in [0.05, 0.1) is 11.7 Å². The highest BCUT2D eigenvalue weighted by atomic mass is 16.5. The molecule has 0 radical (unpaired) electrons. The number of phenols is 5. The Balaban J connectivity index is 2.23. The standard InChI is InChI=1S/C16H17NO6/c1-23-10-5-9(7-3-2-6(17)4-8(7)10)11-12(18)14(20)16(22)15(21)13(11)19/h2-4,9-10,18-22H,5,17H2,1H3/t9-,10+/m1/s1. The summed E-state index contributed by atoms with van der Waals surface area (Å²) in [6, 6.07) is 5.17. The second kappa shape index (κ2) is 5.13. The third kappa shape index (κ3) is 2.08. The van der Waals surface area contributed by atoms with Gasteiger partial charge in [0.25, 0.3) is 0 Å². The van der Waals surface area contributed by atoms with E-state index in [1.807, 2.05) is 0 Å². The lowest BCUT2D eigenvalue weighted by molar-refractivity contribution is 0.102. The van der Waals surface area contributed by atoms with Crippen LogP contribution >= 0.6 is 0 Å². The third-order valence-corrected chi connectivity index (χ3v) is 4.32. The molecule has 0 amide bonds. The van der Waals surface area contributed by atoms with Crippen molar-refractivity contribution in [3.05, 3.63) is 34.9 Å². The van der Waals surface area contributed by atoms with Gasteiger partial charge in [-0.25, -0.2) is 0 Å². The molecule has 0 saturated heterocycles. The van der Waals surface area contributed by atoms with Gasteiger partial charge in [-0.1, -0.05) is 6.07 Å². The summed E-state index contributed by atoms with van der Waals surface area (Å²) in [4.78, 5) is 0. The molecule has 0 heterocycles. The Morgan fingerprint density at radius 2 is 1.48 bits per heavy atom. The predicted molar refractivity (Wildman–Crippen MR) is 81.8 cm³/mol. The van der Waals surface area contributed by atoms with Gasteiger partial charge in [0.2, 0.25) is 17.2 Å². The molecule has 2 aromatic carbocycles. The van der Waals surface area contributed by atoms with E-state index in [-0.39, 0.29) is 11.7 Å². The number of anilines is 1. The number of fused-ring (bicyclic) bond motifs is 1. The van der Waals surface area contributed by atoms with Crippen molar-refractivity contribution in [2.75, 3.05) is 12.8 Å². The first kappa shape index (κ1) is 15.1. The molecular formula is C16H17NO6. The zero-order chi connectivity index (χ0) is 16.9. The topological polar surface area (TPSA) is 136 Å². The van der Waals surface area contributed by atoms with Crippen molar-refractivity contribution in [1.29, 1.82) is 0 Å². The monoisotopic (exact) mass is 319 g/mol. The molecule has 7 heteroatoms. The van der Waals surface area contributed by atoms with Gasteiger partial charge < -0.3 is 36.0 Å². The van der Waals surface area contributed by atoms with E-state index in [4.69, 9.17) is 10.5 Å². The maximum Gasteiger partial charge on any atom is 0.208 e. The van der Waals surface area contributed by atoms with E-state index in [1.54, 1.807) is 18.2 Å². The molecule has 1 aliphatic carbocycles.